The number of nitrogens with one attached hydrogen (secondary N) is 1. The number of carbonyl (C=O) groups is 1. The summed E-state index contributed by atoms with van der Waals surface area (Å²) in [5.41, 5.74) is 5.25. The van der Waals surface area contributed by atoms with Crippen molar-refractivity contribution in [2.45, 2.75) is 39.3 Å². The Labute approximate surface area is 73.5 Å². The van der Waals surface area contributed by atoms with Crippen LogP contribution >= 0.6 is 0 Å². The van der Waals surface area contributed by atoms with E-state index in [1.54, 1.807) is 13.8 Å². The van der Waals surface area contributed by atoms with E-state index < -0.39 is 11.6 Å². The Balaban J connectivity index is 3.58. The first kappa shape index (κ1) is 11.2. The van der Waals surface area contributed by atoms with Gasteiger partial charge in [-0.05, 0) is 27.7 Å². The monoisotopic (exact) mass is 174 g/mol. The van der Waals surface area contributed by atoms with Crippen molar-refractivity contribution in [3.8, 4) is 0 Å². The van der Waals surface area contributed by atoms with Crippen LogP contribution < -0.4 is 11.1 Å². The van der Waals surface area contributed by atoms with E-state index in [1.807, 2.05) is 13.8 Å². The number of alkyl carbamates (subject to hydrolysis) is 1. The van der Waals surface area contributed by atoms with E-state index in [1.165, 1.54) is 0 Å². The molecule has 0 saturated heterocycles. The Morgan fingerprint density at radius 2 is 2.08 bits per heavy atom. The second kappa shape index (κ2) is 4.30. The van der Waals surface area contributed by atoms with E-state index in [9.17, 15) is 4.79 Å². The summed E-state index contributed by atoms with van der Waals surface area (Å²) in [6, 6.07) is 0. The molecule has 4 heteroatoms. The number of hydrogen-bond donors (Lipinski definition) is 2. The van der Waals surface area contributed by atoms with Crippen LogP contribution in [0.2, 0.25) is 0 Å². The molecule has 0 aromatic rings. The highest BCUT2D eigenvalue weighted by molar-refractivity contribution is 5.67. The van der Waals surface area contributed by atoms with Gasteiger partial charge in [0.1, 0.15) is 0 Å². The zero-order chi connectivity index (χ0) is 9.78. The van der Waals surface area contributed by atoms with Gasteiger partial charge in [-0.25, -0.2) is 4.79 Å². The molecule has 0 rings (SSSR count). The molecule has 0 fully saturated rings. The average molecular weight is 174 g/mol. The van der Waals surface area contributed by atoms with E-state index in [0.717, 1.165) is 0 Å². The maximum absolute atomic E-state index is 10.9. The number of amides is 1. The van der Waals surface area contributed by atoms with Crippen LogP contribution in [-0.4, -0.2) is 24.3 Å². The van der Waals surface area contributed by atoms with E-state index in [4.69, 9.17) is 10.5 Å². The van der Waals surface area contributed by atoms with Crippen molar-refractivity contribution in [3.63, 3.8) is 0 Å². The summed E-state index contributed by atoms with van der Waals surface area (Å²) >= 11 is 0. The van der Waals surface area contributed by atoms with Gasteiger partial charge in [0.15, 0.2) is 0 Å². The molecule has 0 saturated carbocycles. The smallest absolute Gasteiger partial charge is 0.407 e. The predicted octanol–water partition coefficient (Wildman–Crippen LogP) is 0.858. The molecule has 0 spiro atoms. The van der Waals surface area contributed by atoms with Crippen LogP contribution in [0.5, 0.6) is 0 Å². The maximum atomic E-state index is 10.9. The van der Waals surface area contributed by atoms with Gasteiger partial charge in [-0.2, -0.15) is 0 Å². The summed E-state index contributed by atoms with van der Waals surface area (Å²) in [7, 11) is 0. The molecule has 0 atom stereocenters. The minimum atomic E-state index is -0.413. The summed E-state index contributed by atoms with van der Waals surface area (Å²) in [5, 5.41) is 2.57. The molecule has 4 nitrogen and oxygen atoms in total. The molecule has 12 heavy (non-hydrogen) atoms. The van der Waals surface area contributed by atoms with E-state index in [-0.39, 0.29) is 6.10 Å². The third kappa shape index (κ3) is 7.34. The molecule has 0 aliphatic heterocycles. The Kier molecular flexibility index (Phi) is 4.03. The summed E-state index contributed by atoms with van der Waals surface area (Å²) in [6.45, 7) is 7.68. The lowest BCUT2D eigenvalue weighted by Crippen LogP contribution is -2.45. The van der Waals surface area contributed by atoms with Crippen LogP contribution in [0, 0.1) is 0 Å². The quantitative estimate of drug-likeness (QED) is 0.667. The van der Waals surface area contributed by atoms with Crippen LogP contribution in [-0.2, 0) is 4.74 Å². The van der Waals surface area contributed by atoms with Crippen molar-refractivity contribution >= 4 is 6.09 Å². The lowest BCUT2D eigenvalue weighted by atomic mass is 10.1. The summed E-state index contributed by atoms with van der Waals surface area (Å²) in [6.07, 6.45) is -0.505. The van der Waals surface area contributed by atoms with Crippen LogP contribution in [0.25, 0.3) is 0 Å². The van der Waals surface area contributed by atoms with Gasteiger partial charge in [-0.1, -0.05) is 0 Å². The van der Waals surface area contributed by atoms with Crippen molar-refractivity contribution in [2.24, 2.45) is 5.73 Å². The normalized spacial score (nSPS) is 11.5. The van der Waals surface area contributed by atoms with Gasteiger partial charge < -0.3 is 15.8 Å². The van der Waals surface area contributed by atoms with Gasteiger partial charge in [-0.15, -0.1) is 0 Å². The highest BCUT2D eigenvalue weighted by atomic mass is 16.6. The third-order valence-electron chi connectivity index (χ3n) is 1.03. The van der Waals surface area contributed by atoms with Gasteiger partial charge >= 0.3 is 6.09 Å². The average Bonchev–Trinajstić information content (AvgIpc) is 1.80. The number of carbonyl (C=O) groups excluding carboxylic acids is 1. The van der Waals surface area contributed by atoms with Crippen molar-refractivity contribution in [3.05, 3.63) is 0 Å². The summed E-state index contributed by atoms with van der Waals surface area (Å²) in [5.74, 6) is 0. The molecule has 0 aromatic heterocycles. The number of nitrogens with two attached hydrogens (primary N) is 1. The zero-order valence-corrected chi connectivity index (χ0v) is 8.18. The van der Waals surface area contributed by atoms with Crippen molar-refractivity contribution < 1.29 is 9.53 Å². The first-order valence-electron chi connectivity index (χ1n) is 4.04. The second-order valence-electron chi connectivity index (χ2n) is 3.80. The fraction of sp³-hybridized carbons (Fsp3) is 0.875. The molecule has 0 heterocycles. The third-order valence-corrected chi connectivity index (χ3v) is 1.03. The first-order chi connectivity index (χ1) is 5.31. The van der Waals surface area contributed by atoms with Crippen molar-refractivity contribution in [2.75, 3.05) is 6.54 Å². The summed E-state index contributed by atoms with van der Waals surface area (Å²) < 4.78 is 4.84. The first-order valence-corrected chi connectivity index (χ1v) is 4.04. The Hall–Kier alpha value is -0.770. The molecular formula is C8H18N2O2. The highest BCUT2D eigenvalue weighted by Crippen LogP contribution is 1.94. The molecule has 3 N–H and O–H groups in total. The van der Waals surface area contributed by atoms with Gasteiger partial charge in [0.2, 0.25) is 0 Å². The minimum Gasteiger partial charge on any atom is -0.447 e. The standard InChI is InChI=1S/C8H18N2O2/c1-6(2)12-7(11)10-5-8(3,4)9/h6H,5,9H2,1-4H3,(H,10,11). The summed E-state index contributed by atoms with van der Waals surface area (Å²) in [4.78, 5) is 10.9. The van der Waals surface area contributed by atoms with Crippen molar-refractivity contribution in [1.29, 1.82) is 0 Å². The molecule has 0 aliphatic rings. The van der Waals surface area contributed by atoms with Gasteiger partial charge in [0.05, 0.1) is 6.10 Å². The molecule has 72 valence electrons. The lowest BCUT2D eigenvalue weighted by molar-refractivity contribution is 0.114. The molecule has 0 aromatic carbocycles. The van der Waals surface area contributed by atoms with Crippen LogP contribution in [0.1, 0.15) is 27.7 Å². The molecule has 0 unspecified atom stereocenters. The molecular weight excluding hydrogens is 156 g/mol. The van der Waals surface area contributed by atoms with Crippen LogP contribution in [0.3, 0.4) is 0 Å². The molecule has 1 amide bonds. The number of ether oxygens (including phenoxy) is 1. The number of rotatable bonds is 3. The Bertz CT molecular complexity index is 150. The Morgan fingerprint density at radius 1 is 1.58 bits per heavy atom. The van der Waals surface area contributed by atoms with Crippen LogP contribution in [0.4, 0.5) is 4.79 Å². The fourth-order valence-corrected chi connectivity index (χ4v) is 0.556. The Morgan fingerprint density at radius 3 is 2.42 bits per heavy atom. The van der Waals surface area contributed by atoms with Gasteiger partial charge in [0.25, 0.3) is 0 Å². The second-order valence-corrected chi connectivity index (χ2v) is 3.80. The molecule has 0 bridgehead atoms. The predicted molar refractivity (Wildman–Crippen MR) is 47.9 cm³/mol. The largest absolute Gasteiger partial charge is 0.447 e. The fourth-order valence-electron chi connectivity index (χ4n) is 0.556. The van der Waals surface area contributed by atoms with Crippen molar-refractivity contribution in [1.82, 2.24) is 5.32 Å². The van der Waals surface area contributed by atoms with Gasteiger partial charge in [0, 0.05) is 12.1 Å². The van der Waals surface area contributed by atoms with E-state index in [2.05, 4.69) is 5.32 Å². The SMILES string of the molecule is CC(C)OC(=O)NCC(C)(C)N. The highest BCUT2D eigenvalue weighted by Gasteiger charge is 2.12. The minimum absolute atomic E-state index is 0.0918. The zero-order valence-electron chi connectivity index (χ0n) is 8.18. The van der Waals surface area contributed by atoms with Crippen LogP contribution in [0.15, 0.2) is 0 Å². The number of hydrogen-bond acceptors (Lipinski definition) is 3. The maximum Gasteiger partial charge on any atom is 0.407 e. The molecule has 0 radical (unpaired) electrons. The lowest BCUT2D eigenvalue weighted by Gasteiger charge is -2.19. The van der Waals surface area contributed by atoms with E-state index in [0.29, 0.717) is 6.54 Å². The van der Waals surface area contributed by atoms with E-state index >= 15 is 0 Å². The topological polar surface area (TPSA) is 64.3 Å². The molecule has 0 aliphatic carbocycles. The van der Waals surface area contributed by atoms with Gasteiger partial charge in [-0.3, -0.25) is 0 Å².